The van der Waals surface area contributed by atoms with Crippen LogP contribution in [0, 0.1) is 19.3 Å². The number of amides is 1. The second kappa shape index (κ2) is 4.51. The van der Waals surface area contributed by atoms with Gasteiger partial charge >= 0.3 is 0 Å². The van der Waals surface area contributed by atoms with Gasteiger partial charge in [0.05, 0.1) is 17.1 Å². The molecule has 17 heavy (non-hydrogen) atoms. The van der Waals surface area contributed by atoms with Crippen molar-refractivity contribution in [3.63, 3.8) is 0 Å². The Morgan fingerprint density at radius 3 is 2.47 bits per heavy atom. The van der Waals surface area contributed by atoms with Crippen LogP contribution in [-0.4, -0.2) is 16.1 Å². The van der Waals surface area contributed by atoms with Gasteiger partial charge in [-0.05, 0) is 26.7 Å². The van der Waals surface area contributed by atoms with E-state index in [1.165, 1.54) is 6.42 Å². The summed E-state index contributed by atoms with van der Waals surface area (Å²) in [5, 5.41) is 10.0. The monoisotopic (exact) mass is 235 g/mol. The summed E-state index contributed by atoms with van der Waals surface area (Å²) < 4.78 is 0. The summed E-state index contributed by atoms with van der Waals surface area (Å²) in [6, 6.07) is 0. The molecule has 0 saturated heterocycles. The summed E-state index contributed by atoms with van der Waals surface area (Å²) in [6.45, 7) is 5.91. The van der Waals surface area contributed by atoms with Gasteiger partial charge in [0.1, 0.15) is 0 Å². The Labute approximate surface area is 102 Å². The van der Waals surface area contributed by atoms with E-state index in [1.54, 1.807) is 0 Å². The lowest BCUT2D eigenvalue weighted by Gasteiger charge is -2.32. The minimum atomic E-state index is -0.200. The minimum absolute atomic E-state index is 0.143. The van der Waals surface area contributed by atoms with Gasteiger partial charge in [-0.15, -0.1) is 0 Å². The molecule has 2 rings (SSSR count). The van der Waals surface area contributed by atoms with Crippen LogP contribution < -0.4 is 5.32 Å². The van der Waals surface area contributed by atoms with Gasteiger partial charge in [0.15, 0.2) is 0 Å². The lowest BCUT2D eigenvalue weighted by Crippen LogP contribution is -2.35. The van der Waals surface area contributed by atoms with Gasteiger partial charge in [-0.1, -0.05) is 26.2 Å². The largest absolute Gasteiger partial charge is 0.323 e. The number of carbonyl (C=O) groups is 1. The number of aromatic amines is 1. The molecular weight excluding hydrogens is 214 g/mol. The zero-order valence-electron chi connectivity index (χ0n) is 10.9. The summed E-state index contributed by atoms with van der Waals surface area (Å²) >= 11 is 0. The zero-order valence-corrected chi connectivity index (χ0v) is 10.9. The Balaban J connectivity index is 2.11. The quantitative estimate of drug-likeness (QED) is 0.828. The molecule has 0 unspecified atom stereocenters. The molecule has 1 fully saturated rings. The van der Waals surface area contributed by atoms with Crippen molar-refractivity contribution in [1.29, 1.82) is 0 Å². The van der Waals surface area contributed by atoms with Crippen LogP contribution in [0.4, 0.5) is 5.69 Å². The third kappa shape index (κ3) is 2.35. The first-order chi connectivity index (χ1) is 8.03. The normalized spacial score (nSPS) is 19.0. The van der Waals surface area contributed by atoms with Crippen molar-refractivity contribution in [3.05, 3.63) is 11.4 Å². The number of anilines is 1. The highest BCUT2D eigenvalue weighted by molar-refractivity contribution is 5.96. The highest BCUT2D eigenvalue weighted by Crippen LogP contribution is 2.37. The molecule has 94 valence electrons. The average molecular weight is 235 g/mol. The summed E-state index contributed by atoms with van der Waals surface area (Å²) in [6.07, 6.45) is 5.57. The van der Waals surface area contributed by atoms with Crippen molar-refractivity contribution in [3.8, 4) is 0 Å². The number of hydrogen-bond acceptors (Lipinski definition) is 2. The van der Waals surface area contributed by atoms with E-state index in [0.29, 0.717) is 0 Å². The van der Waals surface area contributed by atoms with Crippen LogP contribution in [0.1, 0.15) is 50.4 Å². The lowest BCUT2D eigenvalue weighted by atomic mass is 9.75. The Kier molecular flexibility index (Phi) is 3.22. The molecule has 1 aliphatic carbocycles. The number of carbonyl (C=O) groups excluding carboxylic acids is 1. The van der Waals surface area contributed by atoms with E-state index in [-0.39, 0.29) is 11.3 Å². The van der Waals surface area contributed by atoms with Gasteiger partial charge in [-0.2, -0.15) is 5.10 Å². The van der Waals surface area contributed by atoms with Gasteiger partial charge in [0.25, 0.3) is 0 Å². The van der Waals surface area contributed by atoms with Crippen molar-refractivity contribution in [2.24, 2.45) is 5.41 Å². The molecule has 1 amide bonds. The Morgan fingerprint density at radius 1 is 1.29 bits per heavy atom. The molecule has 1 aliphatic rings. The van der Waals surface area contributed by atoms with Crippen LogP contribution in [0.5, 0.6) is 0 Å². The summed E-state index contributed by atoms with van der Waals surface area (Å²) in [5.74, 6) is 0.143. The molecule has 1 heterocycles. The molecule has 0 bridgehead atoms. The van der Waals surface area contributed by atoms with E-state index in [0.717, 1.165) is 42.8 Å². The Hall–Kier alpha value is -1.32. The predicted octanol–water partition coefficient (Wildman–Crippen LogP) is 2.94. The first-order valence-corrected chi connectivity index (χ1v) is 6.36. The fraction of sp³-hybridized carbons (Fsp3) is 0.692. The molecule has 1 saturated carbocycles. The van der Waals surface area contributed by atoms with E-state index in [4.69, 9.17) is 0 Å². The van der Waals surface area contributed by atoms with E-state index in [2.05, 4.69) is 22.4 Å². The Morgan fingerprint density at radius 2 is 1.94 bits per heavy atom. The maximum atomic E-state index is 12.3. The third-order valence-corrected chi connectivity index (χ3v) is 3.87. The second-order valence-electron chi connectivity index (χ2n) is 5.38. The second-order valence-corrected chi connectivity index (χ2v) is 5.38. The standard InChI is InChI=1S/C13H21N3O/c1-9-11(10(2)16-15-9)14-12(17)13(3)7-5-4-6-8-13/h4-8H2,1-3H3,(H,14,17)(H,15,16). The van der Waals surface area contributed by atoms with Crippen LogP contribution in [0.25, 0.3) is 0 Å². The maximum Gasteiger partial charge on any atom is 0.230 e. The topological polar surface area (TPSA) is 57.8 Å². The number of aromatic nitrogens is 2. The molecule has 0 radical (unpaired) electrons. The van der Waals surface area contributed by atoms with Crippen LogP contribution in [0.2, 0.25) is 0 Å². The molecule has 4 heteroatoms. The fourth-order valence-corrected chi connectivity index (χ4v) is 2.56. The van der Waals surface area contributed by atoms with E-state index in [1.807, 2.05) is 13.8 Å². The molecule has 0 atom stereocenters. The number of H-pyrrole nitrogens is 1. The number of rotatable bonds is 2. The number of nitrogens with zero attached hydrogens (tertiary/aromatic N) is 1. The highest BCUT2D eigenvalue weighted by Gasteiger charge is 2.35. The average Bonchev–Trinajstić information content (AvgIpc) is 2.62. The van der Waals surface area contributed by atoms with Crippen LogP contribution >= 0.6 is 0 Å². The third-order valence-electron chi connectivity index (χ3n) is 3.87. The summed E-state index contributed by atoms with van der Waals surface area (Å²) in [4.78, 5) is 12.3. The first kappa shape index (κ1) is 12.1. The van der Waals surface area contributed by atoms with Crippen molar-refractivity contribution in [2.45, 2.75) is 52.9 Å². The van der Waals surface area contributed by atoms with Gasteiger partial charge in [-0.3, -0.25) is 9.89 Å². The summed E-state index contributed by atoms with van der Waals surface area (Å²) in [5.41, 5.74) is 2.43. The molecule has 0 aliphatic heterocycles. The fourth-order valence-electron chi connectivity index (χ4n) is 2.56. The van der Waals surface area contributed by atoms with Crippen LogP contribution in [0.3, 0.4) is 0 Å². The number of nitrogens with one attached hydrogen (secondary N) is 2. The minimum Gasteiger partial charge on any atom is -0.323 e. The van der Waals surface area contributed by atoms with E-state index < -0.39 is 0 Å². The number of aryl methyl sites for hydroxylation is 2. The van der Waals surface area contributed by atoms with Crippen molar-refractivity contribution in [1.82, 2.24) is 10.2 Å². The lowest BCUT2D eigenvalue weighted by molar-refractivity contribution is -0.126. The van der Waals surface area contributed by atoms with Gasteiger partial charge < -0.3 is 5.32 Å². The van der Waals surface area contributed by atoms with E-state index in [9.17, 15) is 4.79 Å². The zero-order chi connectivity index (χ0) is 12.5. The molecular formula is C13H21N3O. The van der Waals surface area contributed by atoms with Crippen LogP contribution in [-0.2, 0) is 4.79 Å². The van der Waals surface area contributed by atoms with Crippen molar-refractivity contribution in [2.75, 3.05) is 5.32 Å². The van der Waals surface area contributed by atoms with Gasteiger partial charge in [0.2, 0.25) is 5.91 Å². The first-order valence-electron chi connectivity index (χ1n) is 6.36. The van der Waals surface area contributed by atoms with E-state index >= 15 is 0 Å². The molecule has 0 spiro atoms. The smallest absolute Gasteiger partial charge is 0.230 e. The van der Waals surface area contributed by atoms with Crippen LogP contribution in [0.15, 0.2) is 0 Å². The highest BCUT2D eigenvalue weighted by atomic mass is 16.2. The van der Waals surface area contributed by atoms with Crippen molar-refractivity contribution >= 4 is 11.6 Å². The van der Waals surface area contributed by atoms with Gasteiger partial charge in [0, 0.05) is 5.41 Å². The van der Waals surface area contributed by atoms with Crippen molar-refractivity contribution < 1.29 is 4.79 Å². The van der Waals surface area contributed by atoms with Gasteiger partial charge in [-0.25, -0.2) is 0 Å². The number of hydrogen-bond donors (Lipinski definition) is 2. The molecule has 0 aromatic carbocycles. The molecule has 1 aromatic heterocycles. The molecule has 2 N–H and O–H groups in total. The maximum absolute atomic E-state index is 12.3. The summed E-state index contributed by atoms with van der Waals surface area (Å²) in [7, 11) is 0. The molecule has 1 aromatic rings. The Bertz CT molecular complexity index is 397. The predicted molar refractivity (Wildman–Crippen MR) is 67.9 cm³/mol. The SMILES string of the molecule is Cc1n[nH]c(C)c1NC(=O)C1(C)CCCCC1. The molecule has 4 nitrogen and oxygen atoms in total.